The highest BCUT2D eigenvalue weighted by molar-refractivity contribution is 7.80. The Labute approximate surface area is 189 Å². The van der Waals surface area contributed by atoms with Gasteiger partial charge in [0.25, 0.3) is 0 Å². The fraction of sp³-hybridized carbons (Fsp3) is 0.185. The minimum atomic E-state index is 0.111. The maximum atomic E-state index is 5.85. The fourth-order valence-corrected chi connectivity index (χ4v) is 4.88. The molecule has 0 saturated heterocycles. The molecule has 3 aromatic carbocycles. The van der Waals surface area contributed by atoms with Crippen LogP contribution in [0.1, 0.15) is 36.4 Å². The van der Waals surface area contributed by atoms with Gasteiger partial charge >= 0.3 is 0 Å². The Morgan fingerprint density at radius 2 is 1.55 bits per heavy atom. The van der Waals surface area contributed by atoms with Crippen LogP contribution in [0.4, 0.5) is 5.69 Å². The minimum Gasteiger partial charge on any atom is -0.331 e. The molecule has 0 amide bonds. The average Bonchev–Trinajstić information content (AvgIpc) is 3.22. The molecule has 0 bridgehead atoms. The number of allylic oxidation sites excluding steroid dienone is 1. The van der Waals surface area contributed by atoms with E-state index in [0.29, 0.717) is 11.0 Å². The summed E-state index contributed by atoms with van der Waals surface area (Å²) >= 11 is 5.85. The van der Waals surface area contributed by atoms with E-state index in [1.54, 1.807) is 0 Å². The van der Waals surface area contributed by atoms with E-state index in [2.05, 4.69) is 72.1 Å². The van der Waals surface area contributed by atoms with Crippen molar-refractivity contribution in [2.45, 2.75) is 25.3 Å². The first-order valence-corrected chi connectivity index (χ1v) is 11.2. The molecule has 5 rings (SSSR count). The highest BCUT2D eigenvalue weighted by atomic mass is 32.1. The van der Waals surface area contributed by atoms with Crippen molar-refractivity contribution in [1.82, 2.24) is 5.01 Å². The van der Waals surface area contributed by atoms with Crippen LogP contribution in [0, 0.1) is 5.92 Å². The number of hydrogen-bond donors (Lipinski definition) is 1. The summed E-state index contributed by atoms with van der Waals surface area (Å²) in [6, 6.07) is 31.4. The number of hydrazone groups is 1. The number of benzene rings is 3. The molecule has 4 heteroatoms. The standard InChI is InChI=1S/C27H25N3S/c31-27(28-23-16-8-3-9-17-23)30-26(21-13-6-2-7-14-21)24-18-10-15-22(25(24)29-30)19-20-11-4-1-5-12-20/h1-9,11-14,16-17,19,24,26H,10,15,18H2,(H,28,31)/b22-19+/t24-,26-/m1/s1. The lowest BCUT2D eigenvalue weighted by atomic mass is 9.77. The van der Waals surface area contributed by atoms with Crippen molar-refractivity contribution in [3.63, 3.8) is 0 Å². The van der Waals surface area contributed by atoms with Gasteiger partial charge in [-0.15, -0.1) is 0 Å². The number of thiocarbonyl (C=S) groups is 1. The third-order valence-corrected chi connectivity index (χ3v) is 6.31. The van der Waals surface area contributed by atoms with Crippen LogP contribution >= 0.6 is 12.2 Å². The average molecular weight is 424 g/mol. The highest BCUT2D eigenvalue weighted by Crippen LogP contribution is 2.44. The summed E-state index contributed by atoms with van der Waals surface area (Å²) in [6.45, 7) is 0. The molecule has 1 aliphatic heterocycles. The molecule has 0 aromatic heterocycles. The molecule has 2 aliphatic rings. The van der Waals surface area contributed by atoms with Crippen LogP contribution in [0.3, 0.4) is 0 Å². The van der Waals surface area contributed by atoms with E-state index in [9.17, 15) is 0 Å². The van der Waals surface area contributed by atoms with E-state index >= 15 is 0 Å². The molecule has 3 aromatic rings. The molecule has 1 heterocycles. The van der Waals surface area contributed by atoms with Crippen LogP contribution in [0.15, 0.2) is 102 Å². The van der Waals surface area contributed by atoms with Crippen molar-refractivity contribution in [2.24, 2.45) is 11.0 Å². The number of hydrogen-bond acceptors (Lipinski definition) is 2. The van der Waals surface area contributed by atoms with E-state index in [-0.39, 0.29) is 6.04 Å². The van der Waals surface area contributed by atoms with Gasteiger partial charge in [0.15, 0.2) is 5.11 Å². The van der Waals surface area contributed by atoms with Crippen LogP contribution in [0.2, 0.25) is 0 Å². The van der Waals surface area contributed by atoms with E-state index in [1.165, 1.54) is 28.8 Å². The Bertz CT molecular complexity index is 1110. The number of para-hydroxylation sites is 1. The molecule has 3 nitrogen and oxygen atoms in total. The van der Waals surface area contributed by atoms with E-state index in [0.717, 1.165) is 18.5 Å². The van der Waals surface area contributed by atoms with Gasteiger partial charge in [-0.25, -0.2) is 5.01 Å². The van der Waals surface area contributed by atoms with Crippen molar-refractivity contribution >= 4 is 34.8 Å². The smallest absolute Gasteiger partial charge is 0.194 e. The first-order chi connectivity index (χ1) is 15.3. The quantitative estimate of drug-likeness (QED) is 0.476. The lowest BCUT2D eigenvalue weighted by molar-refractivity contribution is 0.307. The molecule has 1 fully saturated rings. The van der Waals surface area contributed by atoms with Crippen molar-refractivity contribution in [2.75, 3.05) is 5.32 Å². The number of nitrogens with zero attached hydrogens (tertiary/aromatic N) is 2. The largest absolute Gasteiger partial charge is 0.331 e. The molecule has 154 valence electrons. The van der Waals surface area contributed by atoms with Gasteiger partial charge in [-0.05, 0) is 66.4 Å². The molecular formula is C27H25N3S. The number of nitrogens with one attached hydrogen (secondary N) is 1. The molecule has 0 radical (unpaired) electrons. The predicted molar refractivity (Wildman–Crippen MR) is 133 cm³/mol. The molecule has 31 heavy (non-hydrogen) atoms. The van der Waals surface area contributed by atoms with Gasteiger partial charge < -0.3 is 5.32 Å². The second-order valence-electron chi connectivity index (χ2n) is 8.06. The number of anilines is 1. The molecule has 1 N–H and O–H groups in total. The maximum absolute atomic E-state index is 5.85. The van der Waals surface area contributed by atoms with Crippen LogP contribution in [-0.4, -0.2) is 15.8 Å². The SMILES string of the molecule is S=C(Nc1ccccc1)N1N=C2/C(=C/c3ccccc3)CCC[C@H]2[C@H]1c1ccccc1. The summed E-state index contributed by atoms with van der Waals surface area (Å²) < 4.78 is 0. The van der Waals surface area contributed by atoms with Gasteiger partial charge in [0.1, 0.15) is 0 Å². The van der Waals surface area contributed by atoms with Gasteiger partial charge in [0.2, 0.25) is 0 Å². The Morgan fingerprint density at radius 1 is 0.903 bits per heavy atom. The minimum absolute atomic E-state index is 0.111. The van der Waals surface area contributed by atoms with Crippen molar-refractivity contribution in [1.29, 1.82) is 0 Å². The number of fused-ring (bicyclic) bond motifs is 1. The van der Waals surface area contributed by atoms with E-state index in [1.807, 2.05) is 35.3 Å². The summed E-state index contributed by atoms with van der Waals surface area (Å²) in [5, 5.41) is 11.2. The normalized spacial score (nSPS) is 21.5. The monoisotopic (exact) mass is 423 g/mol. The first kappa shape index (κ1) is 19.7. The topological polar surface area (TPSA) is 27.6 Å². The molecule has 2 atom stereocenters. The lowest BCUT2D eigenvalue weighted by Gasteiger charge is -2.30. The van der Waals surface area contributed by atoms with Gasteiger partial charge in [0, 0.05) is 11.6 Å². The zero-order valence-electron chi connectivity index (χ0n) is 17.3. The summed E-state index contributed by atoms with van der Waals surface area (Å²) in [6.07, 6.45) is 5.63. The van der Waals surface area contributed by atoms with Crippen LogP contribution in [0.25, 0.3) is 6.08 Å². The van der Waals surface area contributed by atoms with Gasteiger partial charge in [-0.1, -0.05) is 78.9 Å². The third kappa shape index (κ3) is 4.17. The van der Waals surface area contributed by atoms with E-state index < -0.39 is 0 Å². The third-order valence-electron chi connectivity index (χ3n) is 6.02. The van der Waals surface area contributed by atoms with Crippen LogP contribution < -0.4 is 5.32 Å². The van der Waals surface area contributed by atoms with Crippen molar-refractivity contribution in [3.8, 4) is 0 Å². The molecule has 0 spiro atoms. The van der Waals surface area contributed by atoms with Crippen LogP contribution in [-0.2, 0) is 0 Å². The number of rotatable bonds is 3. The Morgan fingerprint density at radius 3 is 2.26 bits per heavy atom. The summed E-state index contributed by atoms with van der Waals surface area (Å²) in [5.74, 6) is 0.335. The lowest BCUT2D eigenvalue weighted by Crippen LogP contribution is -2.34. The summed E-state index contributed by atoms with van der Waals surface area (Å²) in [7, 11) is 0. The molecule has 0 unspecified atom stereocenters. The molecule has 1 aliphatic carbocycles. The summed E-state index contributed by atoms with van der Waals surface area (Å²) in [4.78, 5) is 0. The van der Waals surface area contributed by atoms with Crippen molar-refractivity contribution < 1.29 is 0 Å². The Balaban J connectivity index is 1.52. The summed E-state index contributed by atoms with van der Waals surface area (Å²) in [5.41, 5.74) is 5.97. The Hall–Kier alpha value is -3.24. The zero-order valence-corrected chi connectivity index (χ0v) is 18.1. The van der Waals surface area contributed by atoms with E-state index in [4.69, 9.17) is 17.3 Å². The zero-order chi connectivity index (χ0) is 21.0. The van der Waals surface area contributed by atoms with Gasteiger partial charge in [-0.2, -0.15) is 5.10 Å². The first-order valence-electron chi connectivity index (χ1n) is 10.8. The highest BCUT2D eigenvalue weighted by Gasteiger charge is 2.42. The van der Waals surface area contributed by atoms with Gasteiger partial charge in [-0.3, -0.25) is 0 Å². The molecule has 1 saturated carbocycles. The fourth-order valence-electron chi connectivity index (χ4n) is 4.60. The predicted octanol–water partition coefficient (Wildman–Crippen LogP) is 6.68. The second kappa shape index (κ2) is 8.86. The molecular weight excluding hydrogens is 398 g/mol. The maximum Gasteiger partial charge on any atom is 0.194 e. The van der Waals surface area contributed by atoms with Gasteiger partial charge in [0.05, 0.1) is 11.8 Å². The Kier molecular flexibility index (Phi) is 5.63. The van der Waals surface area contributed by atoms with Crippen LogP contribution in [0.5, 0.6) is 0 Å². The van der Waals surface area contributed by atoms with Crippen molar-refractivity contribution in [3.05, 3.63) is 108 Å². The second-order valence-corrected chi connectivity index (χ2v) is 8.45.